The van der Waals surface area contributed by atoms with Gasteiger partial charge in [-0.05, 0) is 22.6 Å². The molecule has 19 heavy (non-hydrogen) atoms. The maximum Gasteiger partial charge on any atom is 0.141 e. The number of hydrogen-bond acceptors (Lipinski definition) is 3. The Balaban J connectivity index is 2.50. The summed E-state index contributed by atoms with van der Waals surface area (Å²) in [5.41, 5.74) is 9.36. The van der Waals surface area contributed by atoms with Gasteiger partial charge in [-0.3, -0.25) is 0 Å². The van der Waals surface area contributed by atoms with Crippen molar-refractivity contribution in [1.82, 2.24) is 4.98 Å². The monoisotopic (exact) mass is 251 g/mol. The molecular weight excluding hydrogens is 234 g/mol. The van der Waals surface area contributed by atoms with E-state index < -0.39 is 0 Å². The molecule has 0 aliphatic heterocycles. The average Bonchev–Trinajstić information content (AvgIpc) is 2.37. The minimum Gasteiger partial charge on any atom is -0.383 e. The Bertz CT molecular complexity index is 629. The quantitative estimate of drug-likeness (QED) is 0.843. The minimum atomic E-state index is 0.119. The Morgan fingerprint density at radius 3 is 2.26 bits per heavy atom. The smallest absolute Gasteiger partial charge is 0.141 e. The van der Waals surface area contributed by atoms with Crippen molar-refractivity contribution in [1.29, 1.82) is 5.26 Å². The van der Waals surface area contributed by atoms with Crippen LogP contribution in [0.3, 0.4) is 0 Å². The average molecular weight is 251 g/mol. The van der Waals surface area contributed by atoms with Crippen LogP contribution in [0, 0.1) is 11.3 Å². The molecule has 0 fully saturated rings. The van der Waals surface area contributed by atoms with Gasteiger partial charge in [-0.2, -0.15) is 5.26 Å². The van der Waals surface area contributed by atoms with E-state index in [1.807, 2.05) is 18.2 Å². The predicted molar refractivity (Wildman–Crippen MR) is 77.5 cm³/mol. The van der Waals surface area contributed by atoms with Gasteiger partial charge >= 0.3 is 0 Å². The van der Waals surface area contributed by atoms with Crippen LogP contribution in [0.1, 0.15) is 31.9 Å². The fourth-order valence-corrected chi connectivity index (χ4v) is 1.99. The number of nitriles is 1. The molecule has 0 spiro atoms. The first-order valence-corrected chi connectivity index (χ1v) is 6.19. The second kappa shape index (κ2) is 4.74. The highest BCUT2D eigenvalue weighted by Gasteiger charge is 2.14. The molecule has 0 atom stereocenters. The third-order valence-electron chi connectivity index (χ3n) is 3.15. The highest BCUT2D eigenvalue weighted by atomic mass is 14.8. The van der Waals surface area contributed by atoms with Gasteiger partial charge in [-0.1, -0.05) is 45.0 Å². The van der Waals surface area contributed by atoms with E-state index in [-0.39, 0.29) is 11.2 Å². The molecule has 96 valence electrons. The van der Waals surface area contributed by atoms with E-state index in [1.54, 1.807) is 6.20 Å². The lowest BCUT2D eigenvalue weighted by Crippen LogP contribution is -2.10. The van der Waals surface area contributed by atoms with E-state index in [1.165, 1.54) is 5.56 Å². The summed E-state index contributed by atoms with van der Waals surface area (Å²) in [6, 6.07) is 12.2. The minimum absolute atomic E-state index is 0.119. The lowest BCUT2D eigenvalue weighted by Gasteiger charge is -2.19. The molecule has 3 nitrogen and oxygen atoms in total. The van der Waals surface area contributed by atoms with E-state index in [2.05, 4.69) is 44.0 Å². The Morgan fingerprint density at radius 2 is 1.74 bits per heavy atom. The molecule has 2 aromatic rings. The van der Waals surface area contributed by atoms with Crippen LogP contribution in [0.5, 0.6) is 0 Å². The van der Waals surface area contributed by atoms with Crippen LogP contribution >= 0.6 is 0 Å². The summed E-state index contributed by atoms with van der Waals surface area (Å²) < 4.78 is 0. The van der Waals surface area contributed by atoms with Gasteiger partial charge in [0.2, 0.25) is 0 Å². The fraction of sp³-hybridized carbons (Fsp3) is 0.250. The molecule has 0 aliphatic rings. The van der Waals surface area contributed by atoms with Crippen molar-refractivity contribution in [2.45, 2.75) is 26.2 Å². The number of rotatable bonds is 1. The van der Waals surface area contributed by atoms with Crippen molar-refractivity contribution in [2.75, 3.05) is 5.73 Å². The predicted octanol–water partition coefficient (Wildman–Crippen LogP) is 3.50. The van der Waals surface area contributed by atoms with Crippen LogP contribution in [0.15, 0.2) is 36.5 Å². The highest BCUT2D eigenvalue weighted by molar-refractivity contribution is 5.75. The molecule has 0 unspecified atom stereocenters. The maximum atomic E-state index is 9.17. The van der Waals surface area contributed by atoms with Crippen molar-refractivity contribution < 1.29 is 0 Å². The zero-order valence-corrected chi connectivity index (χ0v) is 11.4. The summed E-state index contributed by atoms with van der Waals surface area (Å²) in [6.07, 6.45) is 1.63. The number of nitrogens with zero attached hydrogens (tertiary/aromatic N) is 2. The van der Waals surface area contributed by atoms with Gasteiger partial charge in [0.05, 0.1) is 0 Å². The Labute approximate surface area is 113 Å². The summed E-state index contributed by atoms with van der Waals surface area (Å²) in [6.45, 7) is 6.52. The summed E-state index contributed by atoms with van der Waals surface area (Å²) in [5.74, 6) is 0.278. The van der Waals surface area contributed by atoms with Crippen molar-refractivity contribution in [3.05, 3.63) is 47.7 Å². The van der Waals surface area contributed by atoms with Crippen LogP contribution in [0.2, 0.25) is 0 Å². The number of nitrogens with two attached hydrogens (primary N) is 1. The maximum absolute atomic E-state index is 9.17. The molecule has 2 rings (SSSR count). The van der Waals surface area contributed by atoms with Crippen LogP contribution in [0.25, 0.3) is 11.1 Å². The van der Waals surface area contributed by atoms with Gasteiger partial charge < -0.3 is 5.73 Å². The Kier molecular flexibility index (Phi) is 3.26. The van der Waals surface area contributed by atoms with Crippen LogP contribution in [0.4, 0.5) is 5.82 Å². The molecule has 0 bridgehead atoms. The highest BCUT2D eigenvalue weighted by Crippen LogP contribution is 2.29. The lowest BCUT2D eigenvalue weighted by molar-refractivity contribution is 0.590. The van der Waals surface area contributed by atoms with Gasteiger partial charge in [-0.15, -0.1) is 0 Å². The first-order valence-electron chi connectivity index (χ1n) is 6.19. The van der Waals surface area contributed by atoms with Gasteiger partial charge in [0.1, 0.15) is 17.5 Å². The molecule has 0 radical (unpaired) electrons. The van der Waals surface area contributed by atoms with Gasteiger partial charge in [0.15, 0.2) is 0 Å². The largest absolute Gasteiger partial charge is 0.383 e. The zero-order chi connectivity index (χ0) is 14.0. The molecule has 1 heterocycles. The summed E-state index contributed by atoms with van der Waals surface area (Å²) in [4.78, 5) is 3.95. The molecule has 2 N–H and O–H groups in total. The fourth-order valence-electron chi connectivity index (χ4n) is 1.99. The van der Waals surface area contributed by atoms with Gasteiger partial charge in [-0.25, -0.2) is 4.98 Å². The lowest BCUT2D eigenvalue weighted by atomic mass is 9.86. The Morgan fingerprint density at radius 1 is 1.11 bits per heavy atom. The summed E-state index contributed by atoms with van der Waals surface area (Å²) in [5, 5.41) is 9.17. The first-order chi connectivity index (χ1) is 8.93. The van der Waals surface area contributed by atoms with E-state index >= 15 is 0 Å². The topological polar surface area (TPSA) is 62.7 Å². The second-order valence-corrected chi connectivity index (χ2v) is 5.56. The molecule has 1 aromatic carbocycles. The molecule has 0 saturated heterocycles. The molecule has 0 saturated carbocycles. The number of hydrogen-bond donors (Lipinski definition) is 1. The van der Waals surface area contributed by atoms with Crippen molar-refractivity contribution >= 4 is 5.82 Å². The number of anilines is 1. The second-order valence-electron chi connectivity index (χ2n) is 5.56. The van der Waals surface area contributed by atoms with E-state index in [0.717, 1.165) is 11.1 Å². The molecule has 3 heteroatoms. The number of benzene rings is 1. The number of pyridine rings is 1. The van der Waals surface area contributed by atoms with Crippen LogP contribution in [-0.4, -0.2) is 4.98 Å². The number of nitrogen functional groups attached to an aromatic ring is 1. The number of aromatic nitrogens is 1. The van der Waals surface area contributed by atoms with Gasteiger partial charge in [0.25, 0.3) is 0 Å². The van der Waals surface area contributed by atoms with E-state index in [9.17, 15) is 5.26 Å². The van der Waals surface area contributed by atoms with Crippen LogP contribution in [-0.2, 0) is 5.41 Å². The Hall–Kier alpha value is -2.34. The summed E-state index contributed by atoms with van der Waals surface area (Å²) in [7, 11) is 0. The third-order valence-corrected chi connectivity index (χ3v) is 3.15. The molecule has 0 aliphatic carbocycles. The standard InChI is InChI=1S/C16H17N3/c1-16(2,3)12-6-4-11(5-7-12)13-8-9-19-15(18)14(13)10-17/h4-9H,1-3H3,(H2,18,19). The summed E-state index contributed by atoms with van der Waals surface area (Å²) >= 11 is 0. The van der Waals surface area contributed by atoms with E-state index in [0.29, 0.717) is 5.56 Å². The molecular formula is C16H17N3. The molecule has 0 amide bonds. The molecule has 1 aromatic heterocycles. The van der Waals surface area contributed by atoms with Crippen molar-refractivity contribution in [2.24, 2.45) is 0 Å². The third kappa shape index (κ3) is 2.58. The van der Waals surface area contributed by atoms with Crippen LogP contribution < -0.4 is 5.73 Å². The zero-order valence-electron chi connectivity index (χ0n) is 11.4. The normalized spacial score (nSPS) is 11.1. The van der Waals surface area contributed by atoms with Crippen molar-refractivity contribution in [3.8, 4) is 17.2 Å². The first kappa shape index (κ1) is 13.1. The van der Waals surface area contributed by atoms with Gasteiger partial charge in [0, 0.05) is 11.8 Å². The SMILES string of the molecule is CC(C)(C)c1ccc(-c2ccnc(N)c2C#N)cc1. The van der Waals surface area contributed by atoms with E-state index in [4.69, 9.17) is 5.73 Å². The van der Waals surface area contributed by atoms with Crippen molar-refractivity contribution in [3.63, 3.8) is 0 Å².